The van der Waals surface area contributed by atoms with E-state index in [1.165, 1.54) is 6.92 Å². The zero-order valence-electron chi connectivity index (χ0n) is 16.0. The van der Waals surface area contributed by atoms with Gasteiger partial charge in [-0.05, 0) is 36.0 Å². The summed E-state index contributed by atoms with van der Waals surface area (Å²) in [4.78, 5) is 27.0. The van der Waals surface area contributed by atoms with Crippen LogP contribution >= 0.6 is 0 Å². The van der Waals surface area contributed by atoms with E-state index in [0.29, 0.717) is 13.0 Å². The lowest BCUT2D eigenvalue weighted by Crippen LogP contribution is -2.36. The number of hydrogen-bond donors (Lipinski definition) is 1. The molecule has 1 unspecified atom stereocenters. The first-order valence-corrected chi connectivity index (χ1v) is 9.28. The second kappa shape index (κ2) is 7.78. The molecule has 1 heterocycles. The Bertz CT molecular complexity index is 862. The van der Waals surface area contributed by atoms with E-state index in [1.54, 1.807) is 4.90 Å². The van der Waals surface area contributed by atoms with Crippen LogP contribution < -0.4 is 0 Å². The number of amides is 1. The van der Waals surface area contributed by atoms with E-state index < -0.39 is 6.04 Å². The van der Waals surface area contributed by atoms with Gasteiger partial charge in [-0.1, -0.05) is 68.4 Å². The lowest BCUT2D eigenvalue weighted by Gasteiger charge is -2.24. The second-order valence-corrected chi connectivity index (χ2v) is 7.47. The molecule has 0 aromatic heterocycles. The summed E-state index contributed by atoms with van der Waals surface area (Å²) in [5.41, 5.74) is 3.13. The first-order valence-electron chi connectivity index (χ1n) is 9.28. The third-order valence-corrected chi connectivity index (χ3v) is 4.87. The van der Waals surface area contributed by atoms with Gasteiger partial charge in [-0.2, -0.15) is 0 Å². The van der Waals surface area contributed by atoms with E-state index >= 15 is 0 Å². The molecule has 1 saturated heterocycles. The average molecular weight is 363 g/mol. The summed E-state index contributed by atoms with van der Waals surface area (Å²) in [6.07, 6.45) is 0.587. The van der Waals surface area contributed by atoms with Gasteiger partial charge in [-0.25, -0.2) is 0 Å². The van der Waals surface area contributed by atoms with Crippen molar-refractivity contribution in [3.63, 3.8) is 0 Å². The minimum Gasteiger partial charge on any atom is -0.512 e. The van der Waals surface area contributed by atoms with Crippen LogP contribution in [0.3, 0.4) is 0 Å². The van der Waals surface area contributed by atoms with E-state index in [0.717, 1.165) is 16.7 Å². The smallest absolute Gasteiger partial charge is 0.261 e. The van der Waals surface area contributed by atoms with Gasteiger partial charge in [0.1, 0.15) is 11.3 Å². The molecule has 1 atom stereocenters. The minimum atomic E-state index is -0.511. The highest BCUT2D eigenvalue weighted by molar-refractivity contribution is 6.26. The third kappa shape index (κ3) is 3.95. The first kappa shape index (κ1) is 18.9. The van der Waals surface area contributed by atoms with E-state index in [1.807, 2.05) is 56.3 Å². The van der Waals surface area contributed by atoms with Crippen molar-refractivity contribution in [3.8, 4) is 11.1 Å². The van der Waals surface area contributed by atoms with Crippen LogP contribution in [-0.4, -0.2) is 27.7 Å². The van der Waals surface area contributed by atoms with Gasteiger partial charge in [0.2, 0.25) is 0 Å². The molecule has 27 heavy (non-hydrogen) atoms. The number of Topliss-reactive ketones (excluding diaryl/α,β-unsaturated/α-hetero) is 1. The number of likely N-dealkylation sites (tertiary alicyclic amines) is 1. The molecule has 1 aliphatic heterocycles. The fraction of sp³-hybridized carbons (Fsp3) is 0.304. The SMILES string of the molecule is CC(O)=C1C(=O)C(CC(C)C)N(Cc2ccc(-c3ccccc3)cc2)C1=O. The summed E-state index contributed by atoms with van der Waals surface area (Å²) in [7, 11) is 0. The van der Waals surface area contributed by atoms with Gasteiger partial charge in [0.05, 0.1) is 6.04 Å². The van der Waals surface area contributed by atoms with Crippen molar-refractivity contribution >= 4 is 11.7 Å². The number of carbonyl (C=O) groups is 2. The average Bonchev–Trinajstić information content (AvgIpc) is 2.86. The fourth-order valence-corrected chi connectivity index (χ4v) is 3.52. The van der Waals surface area contributed by atoms with Crippen molar-refractivity contribution in [2.45, 2.75) is 39.8 Å². The third-order valence-electron chi connectivity index (χ3n) is 4.87. The Morgan fingerprint density at radius 1 is 1.00 bits per heavy atom. The van der Waals surface area contributed by atoms with E-state index in [2.05, 4.69) is 12.1 Å². The fourth-order valence-electron chi connectivity index (χ4n) is 3.52. The number of carbonyl (C=O) groups excluding carboxylic acids is 2. The van der Waals surface area contributed by atoms with Gasteiger partial charge < -0.3 is 10.0 Å². The number of allylic oxidation sites excluding steroid dienone is 1. The molecular formula is C23H25NO3. The molecule has 0 radical (unpaired) electrons. The molecule has 1 amide bonds. The van der Waals surface area contributed by atoms with E-state index in [-0.39, 0.29) is 28.9 Å². The number of rotatable bonds is 5. The van der Waals surface area contributed by atoms with Gasteiger partial charge in [0.15, 0.2) is 5.78 Å². The number of hydrogen-bond acceptors (Lipinski definition) is 3. The number of benzene rings is 2. The van der Waals surface area contributed by atoms with Crippen LogP contribution in [0.15, 0.2) is 65.9 Å². The lowest BCUT2D eigenvalue weighted by molar-refractivity contribution is -0.128. The Kier molecular flexibility index (Phi) is 5.45. The predicted molar refractivity (Wildman–Crippen MR) is 106 cm³/mol. The largest absolute Gasteiger partial charge is 0.512 e. The lowest BCUT2D eigenvalue weighted by atomic mass is 9.98. The highest BCUT2D eigenvalue weighted by atomic mass is 16.3. The molecule has 2 aromatic carbocycles. The zero-order valence-corrected chi connectivity index (χ0v) is 16.0. The van der Waals surface area contributed by atoms with Gasteiger partial charge in [-0.3, -0.25) is 9.59 Å². The first-order chi connectivity index (χ1) is 12.9. The number of nitrogens with zero attached hydrogens (tertiary/aromatic N) is 1. The van der Waals surface area contributed by atoms with Gasteiger partial charge >= 0.3 is 0 Å². The summed E-state index contributed by atoms with van der Waals surface area (Å²) in [6, 6.07) is 17.6. The van der Waals surface area contributed by atoms with Crippen molar-refractivity contribution in [2.75, 3.05) is 0 Å². The Labute approximate surface area is 160 Å². The Balaban J connectivity index is 1.85. The molecule has 0 aliphatic carbocycles. The highest BCUT2D eigenvalue weighted by Gasteiger charge is 2.44. The molecule has 2 aromatic rings. The predicted octanol–water partition coefficient (Wildman–Crippen LogP) is 4.51. The maximum Gasteiger partial charge on any atom is 0.261 e. The topological polar surface area (TPSA) is 57.6 Å². The molecule has 3 rings (SSSR count). The van der Waals surface area contributed by atoms with Crippen molar-refractivity contribution in [2.24, 2.45) is 5.92 Å². The molecule has 0 bridgehead atoms. The Hall–Kier alpha value is -2.88. The maximum atomic E-state index is 12.7. The summed E-state index contributed by atoms with van der Waals surface area (Å²) < 4.78 is 0. The molecule has 0 spiro atoms. The Morgan fingerprint density at radius 3 is 2.15 bits per heavy atom. The standard InChI is InChI=1S/C23H25NO3/c1-15(2)13-20-22(26)21(16(3)25)23(27)24(20)14-17-9-11-19(12-10-17)18-7-5-4-6-8-18/h4-12,15,20,25H,13-14H2,1-3H3. The molecule has 1 aliphatic rings. The van der Waals surface area contributed by atoms with Crippen LogP contribution in [0.4, 0.5) is 0 Å². The van der Waals surface area contributed by atoms with Crippen LogP contribution in [0.2, 0.25) is 0 Å². The number of ketones is 1. The highest BCUT2D eigenvalue weighted by Crippen LogP contribution is 2.29. The van der Waals surface area contributed by atoms with Crippen molar-refractivity contribution in [1.29, 1.82) is 0 Å². The van der Waals surface area contributed by atoms with Gasteiger partial charge in [0.25, 0.3) is 5.91 Å². The van der Waals surface area contributed by atoms with Crippen LogP contribution in [0.5, 0.6) is 0 Å². The normalized spacial score (nSPS) is 19.1. The van der Waals surface area contributed by atoms with E-state index in [9.17, 15) is 14.7 Å². The number of aliphatic hydroxyl groups is 1. The minimum absolute atomic E-state index is 0.0680. The summed E-state index contributed by atoms with van der Waals surface area (Å²) >= 11 is 0. The maximum absolute atomic E-state index is 12.7. The van der Waals surface area contributed by atoms with Crippen molar-refractivity contribution in [3.05, 3.63) is 71.5 Å². The van der Waals surface area contributed by atoms with Crippen molar-refractivity contribution < 1.29 is 14.7 Å². The van der Waals surface area contributed by atoms with E-state index in [4.69, 9.17) is 0 Å². The summed E-state index contributed by atoms with van der Waals surface area (Å²) in [5.74, 6) is -0.568. The molecular weight excluding hydrogens is 338 g/mol. The zero-order chi connectivity index (χ0) is 19.6. The van der Waals surface area contributed by atoms with Crippen LogP contribution in [0.25, 0.3) is 11.1 Å². The van der Waals surface area contributed by atoms with Crippen LogP contribution in [-0.2, 0) is 16.1 Å². The van der Waals surface area contributed by atoms with Gasteiger partial charge in [0, 0.05) is 6.54 Å². The molecule has 1 fully saturated rings. The molecule has 4 nitrogen and oxygen atoms in total. The summed E-state index contributed by atoms with van der Waals surface area (Å²) in [6.45, 7) is 5.81. The number of aliphatic hydroxyl groups excluding tert-OH is 1. The molecule has 140 valence electrons. The van der Waals surface area contributed by atoms with Gasteiger partial charge in [-0.15, -0.1) is 0 Å². The van der Waals surface area contributed by atoms with Crippen LogP contribution in [0, 0.1) is 5.92 Å². The molecule has 0 saturated carbocycles. The monoisotopic (exact) mass is 363 g/mol. The quantitative estimate of drug-likeness (QED) is 0.483. The summed E-state index contributed by atoms with van der Waals surface area (Å²) in [5, 5.41) is 9.80. The second-order valence-electron chi connectivity index (χ2n) is 7.47. The van der Waals surface area contributed by atoms with Crippen molar-refractivity contribution in [1.82, 2.24) is 4.90 Å². The Morgan fingerprint density at radius 2 is 1.59 bits per heavy atom. The molecule has 4 heteroatoms. The molecule has 1 N–H and O–H groups in total. The van der Waals surface area contributed by atoms with Crippen LogP contribution in [0.1, 0.15) is 32.8 Å².